The van der Waals surface area contributed by atoms with E-state index < -0.39 is 10.0 Å². The molecule has 1 aromatic heterocycles. The summed E-state index contributed by atoms with van der Waals surface area (Å²) in [6, 6.07) is 4.80. The lowest BCUT2D eigenvalue weighted by Crippen LogP contribution is -2.26. The zero-order valence-corrected chi connectivity index (χ0v) is 12.7. The van der Waals surface area contributed by atoms with Crippen LogP contribution < -0.4 is 14.8 Å². The van der Waals surface area contributed by atoms with Crippen LogP contribution in [0, 0.1) is 13.8 Å². The number of anilines is 2. The van der Waals surface area contributed by atoms with E-state index in [1.54, 1.807) is 12.1 Å². The summed E-state index contributed by atoms with van der Waals surface area (Å²) in [6.07, 6.45) is 0. The number of hydrogen-bond donors (Lipinski definition) is 2. The lowest BCUT2D eigenvalue weighted by atomic mass is 10.2. The van der Waals surface area contributed by atoms with Gasteiger partial charge in [0.1, 0.15) is 17.1 Å². The molecule has 0 radical (unpaired) electrons. The molecular formula is C13H13N3O5S. The maximum atomic E-state index is 12.5. The van der Waals surface area contributed by atoms with E-state index >= 15 is 0 Å². The minimum atomic E-state index is -3.90. The highest BCUT2D eigenvalue weighted by Gasteiger charge is 2.27. The Labute approximate surface area is 126 Å². The van der Waals surface area contributed by atoms with Gasteiger partial charge in [-0.1, -0.05) is 11.2 Å². The fourth-order valence-corrected chi connectivity index (χ4v) is 3.64. The predicted molar refractivity (Wildman–Crippen MR) is 77.4 cm³/mol. The fourth-order valence-electron chi connectivity index (χ4n) is 2.24. The van der Waals surface area contributed by atoms with E-state index in [1.165, 1.54) is 19.9 Å². The molecule has 0 spiro atoms. The van der Waals surface area contributed by atoms with Crippen molar-refractivity contribution in [1.82, 2.24) is 5.16 Å². The summed E-state index contributed by atoms with van der Waals surface area (Å²) in [6.45, 7) is 2.95. The van der Waals surface area contributed by atoms with E-state index in [2.05, 4.69) is 15.2 Å². The maximum Gasteiger partial charge on any atom is 0.267 e. The first kappa shape index (κ1) is 14.4. The van der Waals surface area contributed by atoms with Gasteiger partial charge in [-0.05, 0) is 26.0 Å². The van der Waals surface area contributed by atoms with Gasteiger partial charge in [-0.15, -0.1) is 0 Å². The highest BCUT2D eigenvalue weighted by Crippen LogP contribution is 2.36. The molecule has 0 atom stereocenters. The number of sulfonamides is 1. The van der Waals surface area contributed by atoms with Crippen molar-refractivity contribution in [2.45, 2.75) is 18.7 Å². The molecule has 0 saturated carbocycles. The first-order valence-corrected chi connectivity index (χ1v) is 7.88. The molecule has 9 heteroatoms. The zero-order chi connectivity index (χ0) is 15.9. The Bertz CT molecular complexity index is 837. The number of benzene rings is 1. The Hall–Kier alpha value is -2.55. The van der Waals surface area contributed by atoms with Crippen molar-refractivity contribution in [2.75, 3.05) is 16.6 Å². The van der Waals surface area contributed by atoms with Crippen molar-refractivity contribution in [3.8, 4) is 5.75 Å². The van der Waals surface area contributed by atoms with Crippen molar-refractivity contribution >= 4 is 27.3 Å². The number of nitrogens with zero attached hydrogens (tertiary/aromatic N) is 1. The van der Waals surface area contributed by atoms with Crippen molar-refractivity contribution in [3.05, 3.63) is 29.7 Å². The largest absolute Gasteiger partial charge is 0.481 e. The quantitative estimate of drug-likeness (QED) is 0.884. The van der Waals surface area contributed by atoms with Crippen LogP contribution in [0.15, 0.2) is 27.6 Å². The minimum Gasteiger partial charge on any atom is -0.481 e. The van der Waals surface area contributed by atoms with Crippen LogP contribution in [0.2, 0.25) is 0 Å². The van der Waals surface area contributed by atoms with Gasteiger partial charge in [0.2, 0.25) is 0 Å². The number of rotatable bonds is 3. The molecule has 0 aliphatic carbocycles. The fraction of sp³-hybridized carbons (Fsp3) is 0.231. The Morgan fingerprint density at radius 1 is 1.32 bits per heavy atom. The highest BCUT2D eigenvalue weighted by molar-refractivity contribution is 7.92. The van der Waals surface area contributed by atoms with Crippen LogP contribution in [-0.2, 0) is 14.8 Å². The molecule has 1 aliphatic heterocycles. The molecule has 0 unspecified atom stereocenters. The standard InChI is InChI=1S/C13H13N3O5S/c1-7-13(8(2)21-15-7)22(18,19)16-9-4-3-5-10-12(9)14-11(17)6-20-10/h3-5,16H,6H2,1-2H3,(H,14,17). The van der Waals surface area contributed by atoms with Crippen molar-refractivity contribution in [1.29, 1.82) is 0 Å². The summed E-state index contributed by atoms with van der Waals surface area (Å²) in [5, 5.41) is 6.23. The number of aromatic nitrogens is 1. The van der Waals surface area contributed by atoms with Crippen LogP contribution in [0.1, 0.15) is 11.5 Å². The van der Waals surface area contributed by atoms with Crippen molar-refractivity contribution < 1.29 is 22.5 Å². The molecule has 22 heavy (non-hydrogen) atoms. The second kappa shape index (κ2) is 5.02. The predicted octanol–water partition coefficient (Wildman–Crippen LogP) is 1.42. The Kier molecular flexibility index (Phi) is 3.28. The first-order valence-electron chi connectivity index (χ1n) is 6.40. The molecular weight excluding hydrogens is 310 g/mol. The molecule has 2 N–H and O–H groups in total. The van der Waals surface area contributed by atoms with Gasteiger partial charge >= 0.3 is 0 Å². The average molecular weight is 323 g/mol. The van der Waals surface area contributed by atoms with E-state index in [9.17, 15) is 13.2 Å². The van der Waals surface area contributed by atoms with Gasteiger partial charge in [-0.2, -0.15) is 0 Å². The summed E-state index contributed by atoms with van der Waals surface area (Å²) in [7, 11) is -3.90. The van der Waals surface area contributed by atoms with Gasteiger partial charge < -0.3 is 14.6 Å². The van der Waals surface area contributed by atoms with Crippen LogP contribution in [0.4, 0.5) is 11.4 Å². The molecule has 0 saturated heterocycles. The summed E-state index contributed by atoms with van der Waals surface area (Å²) < 4.78 is 37.6. The second-order valence-electron chi connectivity index (χ2n) is 4.77. The van der Waals surface area contributed by atoms with Gasteiger partial charge in [0.25, 0.3) is 15.9 Å². The third-order valence-electron chi connectivity index (χ3n) is 3.13. The van der Waals surface area contributed by atoms with Crippen LogP contribution in [0.5, 0.6) is 5.75 Å². The minimum absolute atomic E-state index is 0.0202. The Morgan fingerprint density at radius 3 is 2.77 bits per heavy atom. The summed E-state index contributed by atoms with van der Waals surface area (Å²) in [4.78, 5) is 11.4. The molecule has 116 valence electrons. The first-order chi connectivity index (χ1) is 10.4. The number of carbonyl (C=O) groups excluding carboxylic acids is 1. The van der Waals surface area contributed by atoms with Gasteiger partial charge in [0.05, 0.1) is 5.69 Å². The van der Waals surface area contributed by atoms with E-state index in [-0.39, 0.29) is 40.2 Å². The molecule has 1 aromatic carbocycles. The molecule has 2 aromatic rings. The number of hydrogen-bond acceptors (Lipinski definition) is 6. The van der Waals surface area contributed by atoms with Gasteiger partial charge in [-0.3, -0.25) is 9.52 Å². The third-order valence-corrected chi connectivity index (χ3v) is 4.74. The Morgan fingerprint density at radius 2 is 2.09 bits per heavy atom. The smallest absolute Gasteiger partial charge is 0.267 e. The van der Waals surface area contributed by atoms with Crippen LogP contribution >= 0.6 is 0 Å². The SMILES string of the molecule is Cc1noc(C)c1S(=O)(=O)Nc1cccc2c1NC(=O)CO2. The summed E-state index contributed by atoms with van der Waals surface area (Å²) >= 11 is 0. The number of nitrogens with one attached hydrogen (secondary N) is 2. The van der Waals surface area contributed by atoms with E-state index in [0.29, 0.717) is 5.75 Å². The normalized spacial score (nSPS) is 14.0. The number of ether oxygens (including phenoxy) is 1. The molecule has 2 heterocycles. The number of amides is 1. The summed E-state index contributed by atoms with van der Waals surface area (Å²) in [5.41, 5.74) is 0.759. The topological polar surface area (TPSA) is 111 Å². The second-order valence-corrected chi connectivity index (χ2v) is 6.39. The molecule has 1 amide bonds. The lowest BCUT2D eigenvalue weighted by Gasteiger charge is -2.21. The molecule has 1 aliphatic rings. The molecule has 3 rings (SSSR count). The monoisotopic (exact) mass is 323 g/mol. The zero-order valence-electron chi connectivity index (χ0n) is 11.8. The maximum absolute atomic E-state index is 12.5. The average Bonchev–Trinajstić information content (AvgIpc) is 2.79. The van der Waals surface area contributed by atoms with Crippen LogP contribution in [-0.4, -0.2) is 26.1 Å². The number of carbonyl (C=O) groups is 1. The van der Waals surface area contributed by atoms with Crippen molar-refractivity contribution in [2.24, 2.45) is 0 Å². The van der Waals surface area contributed by atoms with Crippen LogP contribution in [0.25, 0.3) is 0 Å². The van der Waals surface area contributed by atoms with Crippen LogP contribution in [0.3, 0.4) is 0 Å². The van der Waals surface area contributed by atoms with E-state index in [1.807, 2.05) is 0 Å². The summed E-state index contributed by atoms with van der Waals surface area (Å²) in [5.74, 6) is 0.241. The molecule has 0 fully saturated rings. The van der Waals surface area contributed by atoms with Gasteiger partial charge in [0.15, 0.2) is 17.3 Å². The van der Waals surface area contributed by atoms with Gasteiger partial charge in [0, 0.05) is 0 Å². The number of fused-ring (bicyclic) bond motifs is 1. The molecule has 8 nitrogen and oxygen atoms in total. The Balaban J connectivity index is 2.02. The number of aryl methyl sites for hydroxylation is 2. The third kappa shape index (κ3) is 2.39. The highest BCUT2D eigenvalue weighted by atomic mass is 32.2. The van der Waals surface area contributed by atoms with E-state index in [0.717, 1.165) is 0 Å². The number of para-hydroxylation sites is 1. The lowest BCUT2D eigenvalue weighted by molar-refractivity contribution is -0.118. The molecule has 0 bridgehead atoms. The van der Waals surface area contributed by atoms with Crippen molar-refractivity contribution in [3.63, 3.8) is 0 Å². The van der Waals surface area contributed by atoms with E-state index in [4.69, 9.17) is 9.26 Å². The van der Waals surface area contributed by atoms with Gasteiger partial charge in [-0.25, -0.2) is 8.42 Å².